The van der Waals surface area contributed by atoms with Crippen molar-refractivity contribution < 1.29 is 0 Å². The molecule has 2 nitrogen and oxygen atoms in total. The van der Waals surface area contributed by atoms with Crippen molar-refractivity contribution in [1.29, 1.82) is 0 Å². The Balaban J connectivity index is 1.82. The highest BCUT2D eigenvalue weighted by molar-refractivity contribution is 4.96. The third kappa shape index (κ3) is 1.80. The minimum absolute atomic E-state index is 0.773. The summed E-state index contributed by atoms with van der Waals surface area (Å²) >= 11 is 0. The maximum absolute atomic E-state index is 3.64. The van der Waals surface area contributed by atoms with E-state index in [1.54, 1.807) is 0 Å². The summed E-state index contributed by atoms with van der Waals surface area (Å²) in [5.74, 6) is 0.831. The van der Waals surface area contributed by atoms with Crippen LogP contribution in [0, 0.1) is 5.92 Å². The van der Waals surface area contributed by atoms with Crippen LogP contribution in [0.25, 0.3) is 0 Å². The van der Waals surface area contributed by atoms with E-state index in [4.69, 9.17) is 0 Å². The van der Waals surface area contributed by atoms with Gasteiger partial charge in [0.25, 0.3) is 0 Å². The zero-order chi connectivity index (χ0) is 8.55. The Morgan fingerprint density at radius 2 is 2.00 bits per heavy atom. The molecule has 0 aliphatic carbocycles. The van der Waals surface area contributed by atoms with Gasteiger partial charge >= 0.3 is 0 Å². The number of fused-ring (bicyclic) bond motifs is 3. The second-order valence-corrected chi connectivity index (χ2v) is 4.77. The Morgan fingerprint density at radius 3 is 2.67 bits per heavy atom. The lowest BCUT2D eigenvalue weighted by Gasteiger charge is -2.34. The molecule has 2 heteroatoms. The van der Waals surface area contributed by atoms with Crippen LogP contribution in [0.3, 0.4) is 0 Å². The molecule has 2 N–H and O–H groups in total. The molecule has 3 aliphatic rings. The van der Waals surface area contributed by atoms with E-state index in [0.717, 1.165) is 24.0 Å². The smallest absolute Gasteiger partial charge is 0.0210 e. The topological polar surface area (TPSA) is 24.1 Å². The van der Waals surface area contributed by atoms with Crippen molar-refractivity contribution in [1.82, 2.24) is 10.6 Å². The van der Waals surface area contributed by atoms with Crippen LogP contribution in [0.1, 0.15) is 33.1 Å². The van der Waals surface area contributed by atoms with Crippen LogP contribution in [0.15, 0.2) is 0 Å². The Bertz CT molecular complexity index is 150. The molecule has 0 aromatic rings. The maximum atomic E-state index is 3.64. The molecule has 0 saturated carbocycles. The Labute approximate surface area is 75.1 Å². The number of rotatable bonds is 2. The Morgan fingerprint density at radius 1 is 1.25 bits per heavy atom. The molecule has 3 fully saturated rings. The van der Waals surface area contributed by atoms with Gasteiger partial charge in [0, 0.05) is 24.7 Å². The fraction of sp³-hybridized carbons (Fsp3) is 1.00. The van der Waals surface area contributed by atoms with Gasteiger partial charge in [0.1, 0.15) is 0 Å². The average molecular weight is 168 g/mol. The predicted molar refractivity (Wildman–Crippen MR) is 51.2 cm³/mol. The van der Waals surface area contributed by atoms with Gasteiger partial charge in [-0.2, -0.15) is 0 Å². The van der Waals surface area contributed by atoms with E-state index in [1.165, 1.54) is 25.8 Å². The summed E-state index contributed by atoms with van der Waals surface area (Å²) in [6, 6.07) is 2.39. The van der Waals surface area contributed by atoms with Crippen molar-refractivity contribution in [3.63, 3.8) is 0 Å². The van der Waals surface area contributed by atoms with E-state index < -0.39 is 0 Å². The van der Waals surface area contributed by atoms with Gasteiger partial charge in [-0.15, -0.1) is 0 Å². The summed E-state index contributed by atoms with van der Waals surface area (Å²) in [5.41, 5.74) is 0. The molecule has 0 spiro atoms. The van der Waals surface area contributed by atoms with Crippen LogP contribution >= 0.6 is 0 Å². The monoisotopic (exact) mass is 168 g/mol. The second-order valence-electron chi connectivity index (χ2n) is 4.77. The van der Waals surface area contributed by atoms with Gasteiger partial charge in [-0.1, -0.05) is 13.8 Å². The van der Waals surface area contributed by atoms with Gasteiger partial charge in [-0.25, -0.2) is 0 Å². The molecule has 70 valence electrons. The first-order valence-corrected chi connectivity index (χ1v) is 5.23. The van der Waals surface area contributed by atoms with Gasteiger partial charge < -0.3 is 10.6 Å². The Hall–Kier alpha value is -0.0800. The summed E-state index contributed by atoms with van der Waals surface area (Å²) in [7, 11) is 0. The van der Waals surface area contributed by atoms with Gasteiger partial charge in [0.2, 0.25) is 0 Å². The lowest BCUT2D eigenvalue weighted by Crippen LogP contribution is -2.53. The first kappa shape index (κ1) is 8.52. The number of hydrogen-bond donors (Lipinski definition) is 2. The largest absolute Gasteiger partial charge is 0.312 e. The van der Waals surface area contributed by atoms with Gasteiger partial charge in [-0.3, -0.25) is 0 Å². The number of hydrogen-bond acceptors (Lipinski definition) is 2. The lowest BCUT2D eigenvalue weighted by molar-refractivity contribution is 0.275. The summed E-state index contributed by atoms with van der Waals surface area (Å²) in [6.45, 7) is 5.81. The summed E-state index contributed by atoms with van der Waals surface area (Å²) < 4.78 is 0. The van der Waals surface area contributed by atoms with E-state index in [2.05, 4.69) is 24.5 Å². The third-order valence-corrected chi connectivity index (χ3v) is 3.02. The first-order chi connectivity index (χ1) is 5.74. The minimum Gasteiger partial charge on any atom is -0.312 e. The minimum atomic E-state index is 0.773. The molecule has 3 saturated heterocycles. The van der Waals surface area contributed by atoms with Crippen LogP contribution in [0.5, 0.6) is 0 Å². The standard InChI is InChI=1S/C10H20N2/c1-7(2)3-8-4-9-5-10(12-9)6-11-8/h7-12H,3-6H2,1-2H3. The summed E-state index contributed by atoms with van der Waals surface area (Å²) in [5, 5.41) is 7.22. The van der Waals surface area contributed by atoms with E-state index in [0.29, 0.717) is 0 Å². The SMILES string of the molecule is CC(C)CC1CC2CC(CN1)N2. The molecule has 0 amide bonds. The molecule has 12 heavy (non-hydrogen) atoms. The zero-order valence-corrected chi connectivity index (χ0v) is 8.14. The molecule has 3 atom stereocenters. The fourth-order valence-corrected chi connectivity index (χ4v) is 2.44. The van der Waals surface area contributed by atoms with E-state index in [-0.39, 0.29) is 0 Å². The maximum Gasteiger partial charge on any atom is 0.0210 e. The average Bonchev–Trinajstić information content (AvgIpc) is 2.15. The van der Waals surface area contributed by atoms with Gasteiger partial charge in [-0.05, 0) is 25.2 Å². The highest BCUT2D eigenvalue weighted by Crippen LogP contribution is 2.22. The summed E-state index contributed by atoms with van der Waals surface area (Å²) in [6.07, 6.45) is 4.08. The van der Waals surface area contributed by atoms with Crippen LogP contribution < -0.4 is 10.6 Å². The molecular weight excluding hydrogens is 148 g/mol. The molecule has 3 unspecified atom stereocenters. The molecule has 0 aromatic heterocycles. The van der Waals surface area contributed by atoms with E-state index in [9.17, 15) is 0 Å². The molecule has 3 aliphatic heterocycles. The van der Waals surface area contributed by atoms with Crippen molar-refractivity contribution >= 4 is 0 Å². The van der Waals surface area contributed by atoms with Crippen molar-refractivity contribution in [2.45, 2.75) is 51.2 Å². The third-order valence-electron chi connectivity index (χ3n) is 3.02. The van der Waals surface area contributed by atoms with Gasteiger partial charge in [0.05, 0.1) is 0 Å². The highest BCUT2D eigenvalue weighted by atomic mass is 15.1. The van der Waals surface area contributed by atoms with Crippen LogP contribution in [0.2, 0.25) is 0 Å². The lowest BCUT2D eigenvalue weighted by atomic mass is 9.92. The van der Waals surface area contributed by atoms with Crippen LogP contribution in [0.4, 0.5) is 0 Å². The van der Waals surface area contributed by atoms with Crippen molar-refractivity contribution in [3.8, 4) is 0 Å². The van der Waals surface area contributed by atoms with Crippen LogP contribution in [-0.4, -0.2) is 24.7 Å². The Kier molecular flexibility index (Phi) is 2.37. The molecular formula is C10H20N2. The second kappa shape index (κ2) is 3.35. The summed E-state index contributed by atoms with van der Waals surface area (Å²) in [4.78, 5) is 0. The fourth-order valence-electron chi connectivity index (χ4n) is 2.44. The van der Waals surface area contributed by atoms with E-state index >= 15 is 0 Å². The molecule has 3 rings (SSSR count). The molecule has 2 bridgehead atoms. The quantitative estimate of drug-likeness (QED) is 0.646. The normalized spacial score (nSPS) is 40.8. The molecule has 0 radical (unpaired) electrons. The predicted octanol–water partition coefficient (Wildman–Crippen LogP) is 1.12. The number of nitrogens with one attached hydrogen (secondary N) is 2. The highest BCUT2D eigenvalue weighted by Gasteiger charge is 2.33. The first-order valence-electron chi connectivity index (χ1n) is 5.23. The van der Waals surface area contributed by atoms with Crippen molar-refractivity contribution in [2.75, 3.05) is 6.54 Å². The molecule has 0 aromatic carbocycles. The van der Waals surface area contributed by atoms with Crippen molar-refractivity contribution in [3.05, 3.63) is 0 Å². The molecule has 3 heterocycles. The van der Waals surface area contributed by atoms with Gasteiger partial charge in [0.15, 0.2) is 0 Å². The van der Waals surface area contributed by atoms with E-state index in [1.807, 2.05) is 0 Å². The van der Waals surface area contributed by atoms with Crippen molar-refractivity contribution in [2.24, 2.45) is 5.92 Å². The van der Waals surface area contributed by atoms with Crippen LogP contribution in [-0.2, 0) is 0 Å². The zero-order valence-electron chi connectivity index (χ0n) is 8.14.